The Balaban J connectivity index is 3.06. The molecule has 1 unspecified atom stereocenters. The molecule has 1 N–H and O–H groups in total. The number of hydrogen-bond acceptors (Lipinski definition) is 2. The number of unbranched alkanes of at least 4 members (excludes halogenated alkanes) is 1. The van der Waals surface area contributed by atoms with Crippen molar-refractivity contribution < 1.29 is 9.84 Å². The van der Waals surface area contributed by atoms with E-state index in [0.717, 1.165) is 19.3 Å². The molecule has 2 heteroatoms. The van der Waals surface area contributed by atoms with E-state index >= 15 is 0 Å². The highest BCUT2D eigenvalue weighted by Crippen LogP contribution is 1.99. The highest BCUT2D eigenvalue weighted by molar-refractivity contribution is 4.83. The van der Waals surface area contributed by atoms with Gasteiger partial charge in [-0.3, -0.25) is 0 Å². The van der Waals surface area contributed by atoms with Gasteiger partial charge >= 0.3 is 0 Å². The summed E-state index contributed by atoms with van der Waals surface area (Å²) in [4.78, 5) is 0. The molecule has 0 spiro atoms. The Labute approximate surface area is 62.2 Å². The molecule has 0 fully saturated rings. The lowest BCUT2D eigenvalue weighted by Gasteiger charge is -2.06. The van der Waals surface area contributed by atoms with Crippen LogP contribution in [-0.4, -0.2) is 24.9 Å². The maximum Gasteiger partial charge on any atom is 0.0773 e. The van der Waals surface area contributed by atoms with Gasteiger partial charge in [0.25, 0.3) is 0 Å². The smallest absolute Gasteiger partial charge is 0.0773 e. The fourth-order valence-corrected chi connectivity index (χ4v) is 0.715. The number of aliphatic hydroxyl groups excluding tert-OH is 1. The second-order valence-corrected chi connectivity index (χ2v) is 2.21. The monoisotopic (exact) mass is 142 g/mol. The molecule has 0 heterocycles. The second kappa shape index (κ2) is 6.60. The zero-order valence-corrected chi connectivity index (χ0v) is 6.34. The van der Waals surface area contributed by atoms with Crippen LogP contribution in [0.4, 0.5) is 0 Å². The standard InChI is InChI=1S/C8H14O2/c1-3-4-5-6-8(9)7-10-2/h1,8-9H,4-7H2,2H3. The summed E-state index contributed by atoms with van der Waals surface area (Å²) in [5, 5.41) is 9.08. The Hall–Kier alpha value is -0.520. The molecule has 0 rings (SSSR count). The molecule has 0 aromatic rings. The van der Waals surface area contributed by atoms with Gasteiger partial charge in [-0.05, 0) is 12.8 Å². The predicted molar refractivity (Wildman–Crippen MR) is 40.6 cm³/mol. The molecule has 0 amide bonds. The van der Waals surface area contributed by atoms with E-state index in [2.05, 4.69) is 5.92 Å². The van der Waals surface area contributed by atoms with Gasteiger partial charge in [0.05, 0.1) is 12.7 Å². The van der Waals surface area contributed by atoms with Crippen molar-refractivity contribution in [2.75, 3.05) is 13.7 Å². The van der Waals surface area contributed by atoms with Gasteiger partial charge in [0, 0.05) is 13.5 Å². The van der Waals surface area contributed by atoms with Crippen molar-refractivity contribution in [2.24, 2.45) is 0 Å². The molecule has 0 aromatic heterocycles. The first-order valence-corrected chi connectivity index (χ1v) is 3.41. The van der Waals surface area contributed by atoms with Gasteiger partial charge in [0.1, 0.15) is 0 Å². The van der Waals surface area contributed by atoms with Crippen LogP contribution in [0.15, 0.2) is 0 Å². The molecule has 0 aromatic carbocycles. The highest BCUT2D eigenvalue weighted by atomic mass is 16.5. The molecular weight excluding hydrogens is 128 g/mol. The SMILES string of the molecule is C#CCCCC(O)COC. The maximum atomic E-state index is 9.08. The van der Waals surface area contributed by atoms with Crippen molar-refractivity contribution in [3.05, 3.63) is 0 Å². The Morgan fingerprint density at radius 1 is 1.70 bits per heavy atom. The number of aliphatic hydroxyl groups is 1. The zero-order chi connectivity index (χ0) is 7.82. The lowest BCUT2D eigenvalue weighted by molar-refractivity contribution is 0.0583. The van der Waals surface area contributed by atoms with Crippen LogP contribution in [0.2, 0.25) is 0 Å². The fraction of sp³-hybridized carbons (Fsp3) is 0.750. The van der Waals surface area contributed by atoms with Crippen molar-refractivity contribution in [3.63, 3.8) is 0 Å². The van der Waals surface area contributed by atoms with Gasteiger partial charge in [-0.2, -0.15) is 0 Å². The van der Waals surface area contributed by atoms with Gasteiger partial charge < -0.3 is 9.84 Å². The van der Waals surface area contributed by atoms with Crippen LogP contribution >= 0.6 is 0 Å². The summed E-state index contributed by atoms with van der Waals surface area (Å²) in [5.41, 5.74) is 0. The minimum absolute atomic E-state index is 0.349. The minimum Gasteiger partial charge on any atom is -0.391 e. The van der Waals surface area contributed by atoms with Crippen LogP contribution in [-0.2, 0) is 4.74 Å². The van der Waals surface area contributed by atoms with Gasteiger partial charge in [0.2, 0.25) is 0 Å². The van der Waals surface area contributed by atoms with Crippen LogP contribution in [0, 0.1) is 12.3 Å². The zero-order valence-electron chi connectivity index (χ0n) is 6.34. The van der Waals surface area contributed by atoms with E-state index in [1.165, 1.54) is 0 Å². The van der Waals surface area contributed by atoms with Crippen LogP contribution in [0.25, 0.3) is 0 Å². The molecular formula is C8H14O2. The predicted octanol–water partition coefficient (Wildman–Crippen LogP) is 0.797. The third-order valence-corrected chi connectivity index (χ3v) is 1.22. The summed E-state index contributed by atoms with van der Waals surface area (Å²) < 4.78 is 4.73. The van der Waals surface area contributed by atoms with Crippen molar-refractivity contribution >= 4 is 0 Å². The summed E-state index contributed by atoms with van der Waals surface area (Å²) in [6.45, 7) is 0.407. The van der Waals surface area contributed by atoms with E-state index in [1.807, 2.05) is 0 Å². The molecule has 2 nitrogen and oxygen atoms in total. The summed E-state index contributed by atoms with van der Waals surface area (Å²) in [5.74, 6) is 2.51. The third-order valence-electron chi connectivity index (χ3n) is 1.22. The molecule has 0 saturated heterocycles. The average molecular weight is 142 g/mol. The van der Waals surface area contributed by atoms with Crippen LogP contribution in [0.3, 0.4) is 0 Å². The van der Waals surface area contributed by atoms with Crippen molar-refractivity contribution in [1.29, 1.82) is 0 Å². The Morgan fingerprint density at radius 2 is 2.40 bits per heavy atom. The molecule has 0 radical (unpaired) electrons. The third kappa shape index (κ3) is 5.61. The van der Waals surface area contributed by atoms with E-state index in [-0.39, 0.29) is 6.10 Å². The van der Waals surface area contributed by atoms with Crippen LogP contribution in [0.1, 0.15) is 19.3 Å². The summed E-state index contributed by atoms with van der Waals surface area (Å²) in [6.07, 6.45) is 7.02. The summed E-state index contributed by atoms with van der Waals surface area (Å²) >= 11 is 0. The molecule has 0 aliphatic carbocycles. The lowest BCUT2D eigenvalue weighted by Crippen LogP contribution is -2.13. The molecule has 0 saturated carbocycles. The van der Waals surface area contributed by atoms with Crippen molar-refractivity contribution in [1.82, 2.24) is 0 Å². The summed E-state index contributed by atoms with van der Waals surface area (Å²) in [7, 11) is 1.57. The van der Waals surface area contributed by atoms with Crippen molar-refractivity contribution in [3.8, 4) is 12.3 Å². The van der Waals surface area contributed by atoms with E-state index in [9.17, 15) is 0 Å². The normalized spacial score (nSPS) is 12.5. The van der Waals surface area contributed by atoms with Gasteiger partial charge in [-0.15, -0.1) is 12.3 Å². The minimum atomic E-state index is -0.349. The quantitative estimate of drug-likeness (QED) is 0.454. The van der Waals surface area contributed by atoms with Gasteiger partial charge in [-0.1, -0.05) is 0 Å². The molecule has 0 bridgehead atoms. The topological polar surface area (TPSA) is 29.5 Å². The number of terminal acetylenes is 1. The van der Waals surface area contributed by atoms with E-state index in [0.29, 0.717) is 6.61 Å². The number of hydrogen-bond donors (Lipinski definition) is 1. The van der Waals surface area contributed by atoms with Crippen LogP contribution in [0.5, 0.6) is 0 Å². The summed E-state index contributed by atoms with van der Waals surface area (Å²) in [6, 6.07) is 0. The Bertz CT molecular complexity index is 104. The lowest BCUT2D eigenvalue weighted by atomic mass is 10.2. The van der Waals surface area contributed by atoms with E-state index in [1.54, 1.807) is 7.11 Å². The molecule has 1 atom stereocenters. The molecule has 0 aliphatic heterocycles. The van der Waals surface area contributed by atoms with Crippen molar-refractivity contribution in [2.45, 2.75) is 25.4 Å². The van der Waals surface area contributed by atoms with E-state index in [4.69, 9.17) is 16.3 Å². The van der Waals surface area contributed by atoms with Gasteiger partial charge in [-0.25, -0.2) is 0 Å². The van der Waals surface area contributed by atoms with Crippen LogP contribution < -0.4 is 0 Å². The number of methoxy groups -OCH3 is 1. The molecule has 10 heavy (non-hydrogen) atoms. The first-order chi connectivity index (χ1) is 4.81. The van der Waals surface area contributed by atoms with E-state index < -0.39 is 0 Å². The van der Waals surface area contributed by atoms with Gasteiger partial charge in [0.15, 0.2) is 0 Å². The maximum absolute atomic E-state index is 9.08. The number of rotatable bonds is 5. The molecule has 58 valence electrons. The average Bonchev–Trinajstić information content (AvgIpc) is 1.89. The molecule has 0 aliphatic rings. The first kappa shape index (κ1) is 9.48. The Morgan fingerprint density at radius 3 is 2.90 bits per heavy atom. The fourth-order valence-electron chi connectivity index (χ4n) is 0.715. The second-order valence-electron chi connectivity index (χ2n) is 2.21. The largest absolute Gasteiger partial charge is 0.391 e. The first-order valence-electron chi connectivity index (χ1n) is 3.41. The number of ether oxygens (including phenoxy) is 1. The Kier molecular flexibility index (Phi) is 6.25. The highest BCUT2D eigenvalue weighted by Gasteiger charge is 2.00.